The molecule has 7 heteroatoms. The van der Waals surface area contributed by atoms with E-state index in [0.29, 0.717) is 0 Å². The predicted molar refractivity (Wildman–Crippen MR) is 68.6 cm³/mol. The number of nitro groups is 1. The molecule has 1 aliphatic heterocycles. The predicted octanol–water partition coefficient (Wildman–Crippen LogP) is 1.91. The standard InChI is InChI=1S/C10H10FIN2O3/c1-10(15)4-13(5-10)8-2-6(11)7(12)3-9(8)14(16)17/h2-3,15H,4-5H2,1H3. The summed E-state index contributed by atoms with van der Waals surface area (Å²) in [6, 6.07) is 2.35. The van der Waals surface area contributed by atoms with E-state index >= 15 is 0 Å². The summed E-state index contributed by atoms with van der Waals surface area (Å²) in [5.74, 6) is -0.488. The van der Waals surface area contributed by atoms with Crippen molar-refractivity contribution < 1.29 is 14.4 Å². The fourth-order valence-corrected chi connectivity index (χ4v) is 2.32. The van der Waals surface area contributed by atoms with Crippen molar-refractivity contribution in [3.05, 3.63) is 31.6 Å². The number of nitrogens with zero attached hydrogens (tertiary/aromatic N) is 2. The van der Waals surface area contributed by atoms with Gasteiger partial charge >= 0.3 is 0 Å². The molecule has 92 valence electrons. The summed E-state index contributed by atoms with van der Waals surface area (Å²) in [5.41, 5.74) is -0.765. The average molecular weight is 352 g/mol. The lowest BCUT2D eigenvalue weighted by atomic mass is 9.96. The molecule has 0 aliphatic carbocycles. The van der Waals surface area contributed by atoms with Gasteiger partial charge in [0.2, 0.25) is 0 Å². The number of halogens is 2. The summed E-state index contributed by atoms with van der Waals surface area (Å²) < 4.78 is 13.6. The molecule has 1 fully saturated rings. The van der Waals surface area contributed by atoms with Crippen LogP contribution >= 0.6 is 22.6 Å². The second-order valence-electron chi connectivity index (χ2n) is 4.37. The van der Waals surface area contributed by atoms with Crippen molar-refractivity contribution in [2.45, 2.75) is 12.5 Å². The molecule has 0 unspecified atom stereocenters. The Hall–Kier alpha value is -0.960. The largest absolute Gasteiger partial charge is 0.386 e. The molecule has 2 rings (SSSR count). The minimum absolute atomic E-state index is 0.133. The Kier molecular flexibility index (Phi) is 2.98. The molecule has 0 spiro atoms. The Morgan fingerprint density at radius 2 is 2.18 bits per heavy atom. The molecule has 1 aliphatic rings. The van der Waals surface area contributed by atoms with E-state index in [1.54, 1.807) is 34.4 Å². The van der Waals surface area contributed by atoms with Crippen molar-refractivity contribution in [1.29, 1.82) is 0 Å². The third-order valence-corrected chi connectivity index (χ3v) is 3.44. The zero-order valence-corrected chi connectivity index (χ0v) is 11.1. The number of hydrogen-bond donors (Lipinski definition) is 1. The minimum atomic E-state index is -0.854. The van der Waals surface area contributed by atoms with Crippen LogP contribution in [0.15, 0.2) is 12.1 Å². The Bertz CT molecular complexity index is 485. The maximum Gasteiger partial charge on any atom is 0.293 e. The first-order valence-corrected chi connectivity index (χ1v) is 5.99. The molecule has 1 heterocycles. The number of benzene rings is 1. The van der Waals surface area contributed by atoms with Crippen molar-refractivity contribution in [3.8, 4) is 0 Å². The molecule has 0 bridgehead atoms. The normalized spacial score (nSPS) is 17.8. The summed E-state index contributed by atoms with van der Waals surface area (Å²) >= 11 is 1.71. The monoisotopic (exact) mass is 352 g/mol. The molecule has 1 N–H and O–H groups in total. The number of aliphatic hydroxyl groups is 1. The summed E-state index contributed by atoms with van der Waals surface area (Å²) in [5, 5.41) is 20.5. The third kappa shape index (κ3) is 2.34. The van der Waals surface area contributed by atoms with Crippen molar-refractivity contribution in [3.63, 3.8) is 0 Å². The van der Waals surface area contributed by atoms with Gasteiger partial charge in [0.15, 0.2) is 0 Å². The first-order chi connectivity index (χ1) is 7.80. The molecule has 0 amide bonds. The maximum atomic E-state index is 13.4. The van der Waals surface area contributed by atoms with Gasteiger partial charge in [-0.2, -0.15) is 0 Å². The Labute approximate surface area is 111 Å². The fourth-order valence-electron chi connectivity index (χ4n) is 1.87. The molecule has 0 radical (unpaired) electrons. The van der Waals surface area contributed by atoms with Gasteiger partial charge in [-0.1, -0.05) is 0 Å². The van der Waals surface area contributed by atoms with Crippen molar-refractivity contribution >= 4 is 34.0 Å². The van der Waals surface area contributed by atoms with Gasteiger partial charge in [0, 0.05) is 25.2 Å². The van der Waals surface area contributed by atoms with E-state index in [1.807, 2.05) is 0 Å². The number of hydrogen-bond acceptors (Lipinski definition) is 4. The molecule has 5 nitrogen and oxygen atoms in total. The smallest absolute Gasteiger partial charge is 0.293 e. The van der Waals surface area contributed by atoms with Gasteiger partial charge in [0.25, 0.3) is 5.69 Å². The van der Waals surface area contributed by atoms with Crippen LogP contribution in [0.1, 0.15) is 6.92 Å². The van der Waals surface area contributed by atoms with Crippen LogP contribution in [0.2, 0.25) is 0 Å². The van der Waals surface area contributed by atoms with Crippen molar-refractivity contribution in [2.24, 2.45) is 0 Å². The average Bonchev–Trinajstić information content (AvgIpc) is 2.17. The summed E-state index contributed by atoms with van der Waals surface area (Å²) in [6.07, 6.45) is 0. The van der Waals surface area contributed by atoms with E-state index in [2.05, 4.69) is 0 Å². The van der Waals surface area contributed by atoms with Crippen LogP contribution in [0.3, 0.4) is 0 Å². The molecule has 1 saturated heterocycles. The Balaban J connectivity index is 2.39. The first kappa shape index (κ1) is 12.5. The Morgan fingerprint density at radius 1 is 1.59 bits per heavy atom. The molecular formula is C10H10FIN2O3. The summed E-state index contributed by atoms with van der Waals surface area (Å²) in [6.45, 7) is 2.18. The van der Waals surface area contributed by atoms with Gasteiger partial charge in [0.1, 0.15) is 11.5 Å². The topological polar surface area (TPSA) is 66.6 Å². The minimum Gasteiger partial charge on any atom is -0.386 e. The van der Waals surface area contributed by atoms with Gasteiger partial charge in [-0.15, -0.1) is 0 Å². The van der Waals surface area contributed by atoms with Gasteiger partial charge in [-0.25, -0.2) is 4.39 Å². The molecule has 0 saturated carbocycles. The fraction of sp³-hybridized carbons (Fsp3) is 0.400. The lowest BCUT2D eigenvalue weighted by Crippen LogP contribution is -2.60. The zero-order valence-electron chi connectivity index (χ0n) is 8.98. The molecule has 0 atom stereocenters. The van der Waals surface area contributed by atoms with Crippen LogP contribution in [0.25, 0.3) is 0 Å². The molecule has 1 aromatic carbocycles. The lowest BCUT2D eigenvalue weighted by Gasteiger charge is -2.45. The SMILES string of the molecule is CC1(O)CN(c2cc(F)c(I)cc2[N+](=O)[O-])C1. The van der Waals surface area contributed by atoms with Crippen LogP contribution in [0.4, 0.5) is 15.8 Å². The first-order valence-electron chi connectivity index (χ1n) is 4.91. The molecule has 1 aromatic rings. The van der Waals surface area contributed by atoms with Crippen LogP contribution in [0, 0.1) is 19.5 Å². The number of β-amino-alcohol motifs (C(OH)–C–C–N with tert-alkyl or cyclic N) is 1. The highest BCUT2D eigenvalue weighted by Crippen LogP contribution is 2.36. The van der Waals surface area contributed by atoms with E-state index in [9.17, 15) is 19.6 Å². The van der Waals surface area contributed by atoms with Gasteiger partial charge in [0.05, 0.1) is 14.1 Å². The van der Waals surface area contributed by atoms with Crippen LogP contribution in [-0.2, 0) is 0 Å². The highest BCUT2D eigenvalue weighted by atomic mass is 127. The van der Waals surface area contributed by atoms with Crippen molar-refractivity contribution in [1.82, 2.24) is 0 Å². The number of nitro benzene ring substituents is 1. The molecule has 17 heavy (non-hydrogen) atoms. The van der Waals surface area contributed by atoms with Crippen LogP contribution in [-0.4, -0.2) is 28.7 Å². The maximum absolute atomic E-state index is 13.4. The summed E-state index contributed by atoms with van der Waals surface area (Å²) in [4.78, 5) is 11.9. The highest BCUT2D eigenvalue weighted by molar-refractivity contribution is 14.1. The molecule has 0 aromatic heterocycles. The van der Waals surface area contributed by atoms with E-state index in [-0.39, 0.29) is 28.0 Å². The second kappa shape index (κ2) is 4.05. The van der Waals surface area contributed by atoms with Gasteiger partial charge in [-0.3, -0.25) is 10.1 Å². The van der Waals surface area contributed by atoms with Gasteiger partial charge in [-0.05, 0) is 29.5 Å². The second-order valence-corrected chi connectivity index (χ2v) is 5.53. The quantitative estimate of drug-likeness (QED) is 0.502. The van der Waals surface area contributed by atoms with Crippen LogP contribution in [0.5, 0.6) is 0 Å². The number of rotatable bonds is 2. The molecular weight excluding hydrogens is 342 g/mol. The van der Waals surface area contributed by atoms with Gasteiger partial charge < -0.3 is 10.0 Å². The van der Waals surface area contributed by atoms with E-state index in [0.717, 1.165) is 6.07 Å². The van der Waals surface area contributed by atoms with E-state index in [1.165, 1.54) is 6.07 Å². The third-order valence-electron chi connectivity index (χ3n) is 2.62. The summed E-state index contributed by atoms with van der Waals surface area (Å²) in [7, 11) is 0. The highest BCUT2D eigenvalue weighted by Gasteiger charge is 2.39. The Morgan fingerprint density at radius 3 is 2.65 bits per heavy atom. The van der Waals surface area contributed by atoms with E-state index < -0.39 is 16.3 Å². The van der Waals surface area contributed by atoms with Crippen molar-refractivity contribution in [2.75, 3.05) is 18.0 Å². The van der Waals surface area contributed by atoms with E-state index in [4.69, 9.17) is 0 Å². The zero-order chi connectivity index (χ0) is 12.8. The number of anilines is 1. The lowest BCUT2D eigenvalue weighted by molar-refractivity contribution is -0.384. The van der Waals surface area contributed by atoms with Crippen LogP contribution < -0.4 is 4.90 Å².